The maximum atomic E-state index is 10.8. The Morgan fingerprint density at radius 2 is 1.82 bits per heavy atom. The van der Waals surface area contributed by atoms with Gasteiger partial charge in [-0.05, 0) is 17.7 Å². The molecule has 0 aromatic heterocycles. The number of hydrogen-bond acceptors (Lipinski definition) is 3. The summed E-state index contributed by atoms with van der Waals surface area (Å²) in [4.78, 5) is 21.6. The first-order valence-corrected chi connectivity index (χ1v) is 4.77. The van der Waals surface area contributed by atoms with Crippen molar-refractivity contribution < 1.29 is 19.8 Å². The van der Waals surface area contributed by atoms with E-state index in [1.165, 1.54) is 19.1 Å². The van der Waals surface area contributed by atoms with Crippen LogP contribution in [0.3, 0.4) is 0 Å². The SMILES string of the molecule is CC(=O)NC(Cc1ccc(O)cc1)C(=O)O.[KH]. The zero-order valence-electron chi connectivity index (χ0n) is 8.80. The second-order valence-electron chi connectivity index (χ2n) is 3.46. The molecule has 1 aromatic carbocycles. The summed E-state index contributed by atoms with van der Waals surface area (Å²) in [5.41, 5.74) is 0.735. The molecule has 1 rings (SSSR count). The Balaban J connectivity index is 0.00000256. The molecule has 17 heavy (non-hydrogen) atoms. The van der Waals surface area contributed by atoms with Crippen LogP contribution >= 0.6 is 0 Å². The third-order valence-electron chi connectivity index (χ3n) is 2.05. The van der Waals surface area contributed by atoms with Crippen LogP contribution in [0.15, 0.2) is 24.3 Å². The second-order valence-corrected chi connectivity index (χ2v) is 3.46. The fraction of sp³-hybridized carbons (Fsp3) is 0.273. The molecular weight excluding hydrogens is 249 g/mol. The van der Waals surface area contributed by atoms with Gasteiger partial charge in [-0.15, -0.1) is 0 Å². The molecule has 0 spiro atoms. The van der Waals surface area contributed by atoms with Gasteiger partial charge in [0.2, 0.25) is 5.91 Å². The van der Waals surface area contributed by atoms with Crippen LogP contribution in [0.5, 0.6) is 5.75 Å². The summed E-state index contributed by atoms with van der Waals surface area (Å²) < 4.78 is 0. The van der Waals surface area contributed by atoms with Gasteiger partial charge >= 0.3 is 57.4 Å². The van der Waals surface area contributed by atoms with E-state index in [-0.39, 0.29) is 69.5 Å². The number of carbonyl (C=O) groups excluding carboxylic acids is 1. The molecule has 0 saturated heterocycles. The third-order valence-corrected chi connectivity index (χ3v) is 2.05. The molecule has 1 aromatic rings. The first kappa shape index (κ1) is 16.6. The zero-order chi connectivity index (χ0) is 12.1. The molecule has 88 valence electrons. The van der Waals surface area contributed by atoms with E-state index >= 15 is 0 Å². The molecule has 0 heterocycles. The van der Waals surface area contributed by atoms with Crippen LogP contribution in [0.4, 0.5) is 0 Å². The zero-order valence-corrected chi connectivity index (χ0v) is 8.80. The number of benzene rings is 1. The Kier molecular flexibility index (Phi) is 7.65. The molecule has 1 atom stereocenters. The summed E-state index contributed by atoms with van der Waals surface area (Å²) in [5.74, 6) is -1.34. The molecule has 1 unspecified atom stereocenters. The number of hydrogen-bond donors (Lipinski definition) is 3. The summed E-state index contributed by atoms with van der Waals surface area (Å²) >= 11 is 0. The van der Waals surface area contributed by atoms with Crippen molar-refractivity contribution in [1.82, 2.24) is 5.32 Å². The van der Waals surface area contributed by atoms with Gasteiger partial charge in [-0.1, -0.05) is 12.1 Å². The predicted octanol–water partition coefficient (Wildman–Crippen LogP) is -0.125. The molecule has 0 fully saturated rings. The van der Waals surface area contributed by atoms with Gasteiger partial charge in [0.1, 0.15) is 11.8 Å². The number of amides is 1. The summed E-state index contributed by atoms with van der Waals surface area (Å²) in [5, 5.41) is 20.3. The number of carboxylic acids is 1. The van der Waals surface area contributed by atoms with Gasteiger partial charge in [0.05, 0.1) is 0 Å². The molecule has 0 saturated carbocycles. The minimum atomic E-state index is -1.08. The maximum absolute atomic E-state index is 10.8. The number of carboxylic acid groups (broad SMARTS) is 1. The number of nitrogens with one attached hydrogen (secondary N) is 1. The molecule has 0 radical (unpaired) electrons. The van der Waals surface area contributed by atoms with Crippen LogP contribution < -0.4 is 5.32 Å². The van der Waals surface area contributed by atoms with Gasteiger partial charge in [0, 0.05) is 13.3 Å². The second kappa shape index (κ2) is 7.83. The van der Waals surface area contributed by atoms with Gasteiger partial charge in [0.15, 0.2) is 0 Å². The van der Waals surface area contributed by atoms with Gasteiger partial charge in [-0.25, -0.2) is 4.79 Å². The molecule has 0 aliphatic rings. The topological polar surface area (TPSA) is 86.6 Å². The van der Waals surface area contributed by atoms with Crippen LogP contribution in [-0.4, -0.2) is 79.5 Å². The van der Waals surface area contributed by atoms with Crippen LogP contribution in [0.25, 0.3) is 0 Å². The van der Waals surface area contributed by atoms with Crippen molar-refractivity contribution in [1.29, 1.82) is 0 Å². The normalized spacial score (nSPS) is 11.1. The Hall–Kier alpha value is -0.404. The van der Waals surface area contributed by atoms with E-state index in [1.54, 1.807) is 12.1 Å². The summed E-state index contributed by atoms with van der Waals surface area (Å²) in [6, 6.07) is 5.24. The molecular formula is C11H14KNO4. The predicted molar refractivity (Wildman–Crippen MR) is 64.2 cm³/mol. The van der Waals surface area contributed by atoms with E-state index in [0.717, 1.165) is 5.56 Å². The summed E-state index contributed by atoms with van der Waals surface area (Å²) in [6.45, 7) is 1.27. The van der Waals surface area contributed by atoms with E-state index in [4.69, 9.17) is 10.2 Å². The molecule has 0 bridgehead atoms. The molecule has 0 aliphatic carbocycles. The number of phenols is 1. The van der Waals surface area contributed by atoms with Crippen molar-refractivity contribution >= 4 is 63.3 Å². The van der Waals surface area contributed by atoms with Crippen LogP contribution in [0, 0.1) is 0 Å². The number of aromatic hydroxyl groups is 1. The van der Waals surface area contributed by atoms with Gasteiger partial charge in [-0.2, -0.15) is 0 Å². The average Bonchev–Trinajstić information content (AvgIpc) is 2.19. The van der Waals surface area contributed by atoms with E-state index < -0.39 is 12.0 Å². The Morgan fingerprint density at radius 3 is 2.24 bits per heavy atom. The van der Waals surface area contributed by atoms with Crippen molar-refractivity contribution in [3.63, 3.8) is 0 Å². The van der Waals surface area contributed by atoms with E-state index in [9.17, 15) is 9.59 Å². The first-order chi connectivity index (χ1) is 7.49. The van der Waals surface area contributed by atoms with Crippen LogP contribution in [0.2, 0.25) is 0 Å². The molecule has 5 nitrogen and oxygen atoms in total. The van der Waals surface area contributed by atoms with Crippen LogP contribution in [-0.2, 0) is 16.0 Å². The molecule has 1 amide bonds. The van der Waals surface area contributed by atoms with Gasteiger partial charge in [-0.3, -0.25) is 4.79 Å². The molecule has 0 aliphatic heterocycles. The van der Waals surface area contributed by atoms with E-state index in [2.05, 4.69) is 5.32 Å². The third kappa shape index (κ3) is 6.18. The van der Waals surface area contributed by atoms with Crippen molar-refractivity contribution in [2.45, 2.75) is 19.4 Å². The number of phenolic OH excluding ortho intramolecular Hbond substituents is 1. The van der Waals surface area contributed by atoms with Crippen molar-refractivity contribution in [2.24, 2.45) is 0 Å². The van der Waals surface area contributed by atoms with Crippen molar-refractivity contribution in [2.75, 3.05) is 0 Å². The molecule has 3 N–H and O–H groups in total. The summed E-state index contributed by atoms with van der Waals surface area (Å²) in [7, 11) is 0. The number of rotatable bonds is 4. The average molecular weight is 263 g/mol. The minimum absolute atomic E-state index is 0. The van der Waals surface area contributed by atoms with Gasteiger partial charge < -0.3 is 15.5 Å². The van der Waals surface area contributed by atoms with E-state index in [0.29, 0.717) is 0 Å². The fourth-order valence-electron chi connectivity index (χ4n) is 1.31. The standard InChI is InChI=1S/C11H13NO4.K.H/c1-7(13)12-10(11(15)16)6-8-2-4-9(14)5-3-8;;/h2-5,10,14H,6H2,1H3,(H,12,13)(H,15,16);;. The quantitative estimate of drug-likeness (QED) is 0.661. The van der Waals surface area contributed by atoms with Crippen LogP contribution in [0.1, 0.15) is 12.5 Å². The molecule has 6 heteroatoms. The van der Waals surface area contributed by atoms with E-state index in [1.807, 2.05) is 0 Å². The van der Waals surface area contributed by atoms with Crippen molar-refractivity contribution in [3.8, 4) is 5.75 Å². The monoisotopic (exact) mass is 263 g/mol. The van der Waals surface area contributed by atoms with Crippen molar-refractivity contribution in [3.05, 3.63) is 29.8 Å². The fourth-order valence-corrected chi connectivity index (χ4v) is 1.31. The number of carbonyl (C=O) groups is 2. The Morgan fingerprint density at radius 1 is 1.29 bits per heavy atom. The summed E-state index contributed by atoms with van der Waals surface area (Å²) in [6.07, 6.45) is 0.190. The number of aliphatic carboxylic acids is 1. The Bertz CT molecular complexity index is 391. The Labute approximate surface area is 142 Å². The first-order valence-electron chi connectivity index (χ1n) is 4.77. The van der Waals surface area contributed by atoms with Gasteiger partial charge in [0.25, 0.3) is 0 Å².